The molecule has 0 aromatic carbocycles. The maximum absolute atomic E-state index is 11.2. The number of nitrogens with two attached hydrogens (primary N) is 1. The molecule has 0 saturated carbocycles. The van der Waals surface area contributed by atoms with Gasteiger partial charge in [-0.25, -0.2) is 9.97 Å². The first kappa shape index (κ1) is 14.2. The number of anilines is 2. The maximum Gasteiger partial charge on any atom is 0.307 e. The number of carbonyl (C=O) groups excluding carboxylic acids is 1. The second-order valence-corrected chi connectivity index (χ2v) is 3.82. The summed E-state index contributed by atoms with van der Waals surface area (Å²) in [6.45, 7) is 4.73. The molecule has 0 amide bonds. The molecular weight excluding hydrogens is 232 g/mol. The molecule has 0 fully saturated rings. The van der Waals surface area contributed by atoms with Gasteiger partial charge >= 0.3 is 5.97 Å². The van der Waals surface area contributed by atoms with Crippen LogP contribution in [0.4, 0.5) is 11.6 Å². The summed E-state index contributed by atoms with van der Waals surface area (Å²) in [6.07, 6.45) is 3.50. The van der Waals surface area contributed by atoms with Gasteiger partial charge in [-0.05, 0) is 13.3 Å². The molecule has 1 aromatic heterocycles. The zero-order valence-electron chi connectivity index (χ0n) is 10.9. The molecule has 0 bridgehead atoms. The topological polar surface area (TPSA) is 90.1 Å². The van der Waals surface area contributed by atoms with Crippen LogP contribution in [0.15, 0.2) is 6.33 Å². The third kappa shape index (κ3) is 4.20. The Bertz CT molecular complexity index is 396. The second-order valence-electron chi connectivity index (χ2n) is 3.82. The van der Waals surface area contributed by atoms with Gasteiger partial charge in [-0.2, -0.15) is 0 Å². The van der Waals surface area contributed by atoms with Crippen LogP contribution in [0.5, 0.6) is 0 Å². The van der Waals surface area contributed by atoms with Gasteiger partial charge in [-0.1, -0.05) is 13.3 Å². The first-order valence-corrected chi connectivity index (χ1v) is 6.17. The molecule has 0 radical (unpaired) electrons. The number of aromatic nitrogens is 2. The molecule has 0 aliphatic heterocycles. The van der Waals surface area contributed by atoms with E-state index >= 15 is 0 Å². The number of ether oxygens (including phenoxy) is 1. The highest BCUT2D eigenvalue weighted by molar-refractivity contribution is 5.70. The molecule has 0 spiro atoms. The largest absolute Gasteiger partial charge is 0.466 e. The van der Waals surface area contributed by atoms with Gasteiger partial charge in [0.15, 0.2) is 0 Å². The molecule has 3 N–H and O–H groups in total. The number of hydrogen-bond donors (Lipinski definition) is 2. The van der Waals surface area contributed by atoms with Crippen molar-refractivity contribution >= 4 is 17.6 Å². The van der Waals surface area contributed by atoms with Crippen LogP contribution >= 0.6 is 0 Å². The molecule has 1 heterocycles. The van der Waals surface area contributed by atoms with Crippen LogP contribution in [-0.4, -0.2) is 29.1 Å². The van der Waals surface area contributed by atoms with E-state index in [1.54, 1.807) is 6.92 Å². The summed E-state index contributed by atoms with van der Waals surface area (Å²) in [6, 6.07) is 0. The normalized spacial score (nSPS) is 10.1. The molecule has 0 unspecified atom stereocenters. The van der Waals surface area contributed by atoms with Crippen molar-refractivity contribution in [1.82, 2.24) is 9.97 Å². The van der Waals surface area contributed by atoms with Gasteiger partial charge in [-0.15, -0.1) is 0 Å². The van der Waals surface area contributed by atoms with Crippen LogP contribution in [0, 0.1) is 0 Å². The lowest BCUT2D eigenvalue weighted by molar-refractivity contribution is -0.142. The van der Waals surface area contributed by atoms with E-state index in [0.717, 1.165) is 18.4 Å². The van der Waals surface area contributed by atoms with E-state index in [1.807, 2.05) is 0 Å². The fraction of sp³-hybridized carbons (Fsp3) is 0.583. The minimum Gasteiger partial charge on any atom is -0.466 e. The van der Waals surface area contributed by atoms with Crippen molar-refractivity contribution in [3.63, 3.8) is 0 Å². The molecule has 0 aliphatic rings. The molecule has 1 rings (SSSR count). The number of hydrogen-bond acceptors (Lipinski definition) is 6. The number of nitrogens with zero attached hydrogens (tertiary/aromatic N) is 2. The molecule has 18 heavy (non-hydrogen) atoms. The third-order valence-corrected chi connectivity index (χ3v) is 2.41. The SMILES string of the molecule is CCCc1c(N)ncnc1NCCC(=O)OCC. The van der Waals surface area contributed by atoms with Crippen molar-refractivity contribution in [2.75, 3.05) is 24.2 Å². The lowest BCUT2D eigenvalue weighted by atomic mass is 10.1. The first-order chi connectivity index (χ1) is 8.69. The van der Waals surface area contributed by atoms with E-state index in [4.69, 9.17) is 10.5 Å². The molecule has 1 aromatic rings. The molecule has 6 nitrogen and oxygen atoms in total. The van der Waals surface area contributed by atoms with Crippen molar-refractivity contribution in [1.29, 1.82) is 0 Å². The Labute approximate surface area is 107 Å². The fourth-order valence-electron chi connectivity index (χ4n) is 1.59. The fourth-order valence-corrected chi connectivity index (χ4v) is 1.59. The van der Waals surface area contributed by atoms with E-state index in [2.05, 4.69) is 22.2 Å². The Hall–Kier alpha value is -1.85. The second kappa shape index (κ2) is 7.47. The van der Waals surface area contributed by atoms with Crippen LogP contribution in [0.1, 0.15) is 32.3 Å². The minimum absolute atomic E-state index is 0.218. The Morgan fingerprint density at radius 1 is 1.44 bits per heavy atom. The van der Waals surface area contributed by atoms with Crippen molar-refractivity contribution < 1.29 is 9.53 Å². The Balaban J connectivity index is 2.56. The zero-order chi connectivity index (χ0) is 13.4. The highest BCUT2D eigenvalue weighted by Crippen LogP contribution is 2.18. The summed E-state index contributed by atoms with van der Waals surface area (Å²) >= 11 is 0. The van der Waals surface area contributed by atoms with Crippen LogP contribution in [0.25, 0.3) is 0 Å². The molecule has 100 valence electrons. The smallest absolute Gasteiger partial charge is 0.307 e. The number of nitrogens with one attached hydrogen (secondary N) is 1. The summed E-state index contributed by atoms with van der Waals surface area (Å²) in [4.78, 5) is 19.3. The average molecular weight is 252 g/mol. The molecule has 0 aliphatic carbocycles. The zero-order valence-corrected chi connectivity index (χ0v) is 10.9. The Morgan fingerprint density at radius 3 is 2.89 bits per heavy atom. The van der Waals surface area contributed by atoms with Gasteiger partial charge in [0.25, 0.3) is 0 Å². The number of carbonyl (C=O) groups is 1. The standard InChI is InChI=1S/C12H20N4O2/c1-3-5-9-11(13)15-8-16-12(9)14-7-6-10(17)18-4-2/h8H,3-7H2,1-2H3,(H3,13,14,15,16). The summed E-state index contributed by atoms with van der Waals surface area (Å²) in [5.41, 5.74) is 6.71. The number of rotatable bonds is 7. The van der Waals surface area contributed by atoms with Gasteiger partial charge in [0.05, 0.1) is 13.0 Å². The number of esters is 1. The lowest BCUT2D eigenvalue weighted by Gasteiger charge is -2.11. The van der Waals surface area contributed by atoms with Crippen molar-refractivity contribution in [3.8, 4) is 0 Å². The minimum atomic E-state index is -0.218. The van der Waals surface area contributed by atoms with Crippen molar-refractivity contribution in [3.05, 3.63) is 11.9 Å². The monoisotopic (exact) mass is 252 g/mol. The highest BCUT2D eigenvalue weighted by atomic mass is 16.5. The average Bonchev–Trinajstić information content (AvgIpc) is 2.34. The van der Waals surface area contributed by atoms with E-state index in [0.29, 0.717) is 31.2 Å². The first-order valence-electron chi connectivity index (χ1n) is 6.17. The van der Waals surface area contributed by atoms with Gasteiger partial charge in [0, 0.05) is 12.1 Å². The summed E-state index contributed by atoms with van der Waals surface area (Å²) < 4.78 is 4.84. The summed E-state index contributed by atoms with van der Waals surface area (Å²) in [5.74, 6) is 0.975. The van der Waals surface area contributed by atoms with Crippen LogP contribution in [0.3, 0.4) is 0 Å². The Morgan fingerprint density at radius 2 is 2.22 bits per heavy atom. The maximum atomic E-state index is 11.2. The summed E-state index contributed by atoms with van der Waals surface area (Å²) in [7, 11) is 0. The molecular formula is C12H20N4O2. The quantitative estimate of drug-likeness (QED) is 0.712. The van der Waals surface area contributed by atoms with E-state index < -0.39 is 0 Å². The van der Waals surface area contributed by atoms with Gasteiger partial charge in [0.1, 0.15) is 18.0 Å². The third-order valence-electron chi connectivity index (χ3n) is 2.41. The van der Waals surface area contributed by atoms with E-state index in [1.165, 1.54) is 6.33 Å². The van der Waals surface area contributed by atoms with Gasteiger partial charge in [-0.3, -0.25) is 4.79 Å². The van der Waals surface area contributed by atoms with E-state index in [-0.39, 0.29) is 5.97 Å². The molecule has 0 atom stereocenters. The van der Waals surface area contributed by atoms with Crippen molar-refractivity contribution in [2.45, 2.75) is 33.1 Å². The van der Waals surface area contributed by atoms with Crippen molar-refractivity contribution in [2.24, 2.45) is 0 Å². The Kier molecular flexibility index (Phi) is 5.90. The van der Waals surface area contributed by atoms with Crippen LogP contribution < -0.4 is 11.1 Å². The van der Waals surface area contributed by atoms with Gasteiger partial charge < -0.3 is 15.8 Å². The highest BCUT2D eigenvalue weighted by Gasteiger charge is 2.08. The van der Waals surface area contributed by atoms with Crippen LogP contribution in [0.2, 0.25) is 0 Å². The van der Waals surface area contributed by atoms with Gasteiger partial charge in [0.2, 0.25) is 0 Å². The predicted molar refractivity (Wildman–Crippen MR) is 70.2 cm³/mol. The summed E-state index contributed by atoms with van der Waals surface area (Å²) in [5, 5.41) is 3.10. The number of nitrogen functional groups attached to an aromatic ring is 1. The lowest BCUT2D eigenvalue weighted by Crippen LogP contribution is -2.14. The van der Waals surface area contributed by atoms with Crippen LogP contribution in [-0.2, 0) is 16.0 Å². The van der Waals surface area contributed by atoms with E-state index in [9.17, 15) is 4.79 Å². The molecule has 6 heteroatoms. The predicted octanol–water partition coefficient (Wildman–Crippen LogP) is 1.38. The molecule has 0 saturated heterocycles.